The van der Waals surface area contributed by atoms with E-state index < -0.39 is 23.9 Å². The van der Waals surface area contributed by atoms with Crippen LogP contribution >= 0.6 is 11.8 Å². The Hall–Kier alpha value is -6.82. The Kier molecular flexibility index (Phi) is 17.3. The second-order valence-electron chi connectivity index (χ2n) is 12.6. The number of amides is 1. The van der Waals surface area contributed by atoms with Gasteiger partial charge in [-0.1, -0.05) is 60.7 Å². The Labute approximate surface area is 354 Å². The van der Waals surface area contributed by atoms with E-state index in [1.165, 1.54) is 58.6 Å². The summed E-state index contributed by atoms with van der Waals surface area (Å²) in [4.78, 5) is 47.8. The van der Waals surface area contributed by atoms with Crippen LogP contribution in [0.15, 0.2) is 113 Å². The zero-order valence-corrected chi connectivity index (χ0v) is 35.0. The second-order valence-corrected chi connectivity index (χ2v) is 13.6. The molecule has 0 bridgehead atoms. The van der Waals surface area contributed by atoms with Crippen molar-refractivity contribution in [3.63, 3.8) is 0 Å². The minimum atomic E-state index is -4.56. The van der Waals surface area contributed by atoms with Gasteiger partial charge in [0.05, 0.1) is 52.4 Å². The monoisotopic (exact) mass is 864 g/mol. The SMILES string of the molecule is CC(C)OC(=O)Nc1ccccc1.CO/C=C(/C(=O)OC)c1ccccc1COc1cccc(C(F)(F)F)n1.COc1cc(OC)nc(Sc2cccc3c2C(=O)OC3C)n1. The Morgan fingerprint density at radius 2 is 1.51 bits per heavy atom. The number of cyclic esters (lactones) is 1. The first-order valence-corrected chi connectivity index (χ1v) is 19.1. The van der Waals surface area contributed by atoms with E-state index in [9.17, 15) is 27.6 Å². The average molecular weight is 865 g/mol. The molecule has 6 rings (SSSR count). The summed E-state index contributed by atoms with van der Waals surface area (Å²) in [6.07, 6.45) is -4.07. The molecule has 61 heavy (non-hydrogen) atoms. The molecule has 1 amide bonds. The van der Waals surface area contributed by atoms with Crippen LogP contribution in [0.5, 0.6) is 17.6 Å². The number of nitrogens with zero attached hydrogens (tertiary/aromatic N) is 3. The summed E-state index contributed by atoms with van der Waals surface area (Å²) in [5.74, 6) is -0.308. The number of methoxy groups -OCH3 is 4. The van der Waals surface area contributed by atoms with Gasteiger partial charge < -0.3 is 33.2 Å². The van der Waals surface area contributed by atoms with Crippen LogP contribution in [0.3, 0.4) is 0 Å². The highest BCUT2D eigenvalue weighted by Crippen LogP contribution is 2.39. The number of anilines is 1. The van der Waals surface area contributed by atoms with Crippen LogP contribution in [-0.2, 0) is 36.5 Å². The van der Waals surface area contributed by atoms with Crippen molar-refractivity contribution in [2.45, 2.75) is 55.8 Å². The fraction of sp³-hybridized carbons (Fsp3) is 0.256. The third kappa shape index (κ3) is 13.9. The Morgan fingerprint density at radius 1 is 0.852 bits per heavy atom. The van der Waals surface area contributed by atoms with E-state index in [-0.39, 0.29) is 36.2 Å². The van der Waals surface area contributed by atoms with E-state index >= 15 is 0 Å². The van der Waals surface area contributed by atoms with Gasteiger partial charge in [-0.25, -0.2) is 19.4 Å². The lowest BCUT2D eigenvalue weighted by atomic mass is 10.0. The molecule has 322 valence electrons. The number of halogens is 3. The van der Waals surface area contributed by atoms with Crippen molar-refractivity contribution in [2.75, 3.05) is 33.8 Å². The van der Waals surface area contributed by atoms with Crippen molar-refractivity contribution in [2.24, 2.45) is 0 Å². The first-order chi connectivity index (χ1) is 29.2. The van der Waals surface area contributed by atoms with Crippen LogP contribution in [0.1, 0.15) is 59.6 Å². The lowest BCUT2D eigenvalue weighted by Gasteiger charge is -2.13. The maximum absolute atomic E-state index is 12.7. The number of rotatable bonds is 12. The highest BCUT2D eigenvalue weighted by Gasteiger charge is 2.33. The number of carbonyl (C=O) groups excluding carboxylic acids is 3. The molecule has 1 N–H and O–H groups in total. The van der Waals surface area contributed by atoms with E-state index in [0.29, 0.717) is 33.6 Å². The molecule has 14 nitrogen and oxygen atoms in total. The summed E-state index contributed by atoms with van der Waals surface area (Å²) in [7, 11) is 5.66. The maximum atomic E-state index is 12.7. The zero-order chi connectivity index (χ0) is 44.5. The number of alkyl halides is 3. The van der Waals surface area contributed by atoms with Gasteiger partial charge in [-0.2, -0.15) is 23.1 Å². The number of fused-ring (bicyclic) bond motifs is 1. The summed E-state index contributed by atoms with van der Waals surface area (Å²) in [5.41, 5.74) is 2.35. The number of esters is 2. The van der Waals surface area contributed by atoms with Crippen LogP contribution < -0.4 is 19.5 Å². The molecule has 1 unspecified atom stereocenters. The molecule has 0 fully saturated rings. The van der Waals surface area contributed by atoms with Gasteiger partial charge >= 0.3 is 24.2 Å². The molecule has 0 radical (unpaired) electrons. The molecule has 1 aliphatic rings. The third-order valence-electron chi connectivity index (χ3n) is 7.96. The highest BCUT2D eigenvalue weighted by atomic mass is 32.2. The molecule has 5 aromatic rings. The molecule has 3 heterocycles. The van der Waals surface area contributed by atoms with E-state index in [2.05, 4.69) is 20.3 Å². The summed E-state index contributed by atoms with van der Waals surface area (Å²) >= 11 is 1.27. The zero-order valence-electron chi connectivity index (χ0n) is 34.1. The van der Waals surface area contributed by atoms with Crippen LogP contribution in [0.4, 0.5) is 23.7 Å². The molecule has 1 aliphatic heterocycles. The van der Waals surface area contributed by atoms with Crippen LogP contribution in [0.25, 0.3) is 5.57 Å². The van der Waals surface area contributed by atoms with Crippen molar-refractivity contribution < 1.29 is 60.7 Å². The van der Waals surface area contributed by atoms with Crippen LogP contribution in [-0.4, -0.2) is 67.5 Å². The van der Waals surface area contributed by atoms with Crippen molar-refractivity contribution in [1.29, 1.82) is 0 Å². The number of benzene rings is 3. The number of pyridine rings is 1. The Balaban J connectivity index is 0.000000212. The lowest BCUT2D eigenvalue weighted by Crippen LogP contribution is -2.17. The number of para-hydroxylation sites is 1. The summed E-state index contributed by atoms with van der Waals surface area (Å²) < 4.78 is 73.6. The Morgan fingerprint density at radius 3 is 2.13 bits per heavy atom. The Bertz CT molecular complexity index is 2270. The number of hydrogen-bond acceptors (Lipinski definition) is 14. The quantitative estimate of drug-likeness (QED) is 0.0414. The molecule has 2 aromatic heterocycles. The number of ether oxygens (including phenoxy) is 7. The van der Waals surface area contributed by atoms with Gasteiger partial charge in [-0.05, 0) is 67.9 Å². The van der Waals surface area contributed by atoms with Crippen molar-refractivity contribution >= 4 is 41.1 Å². The first-order valence-electron chi connectivity index (χ1n) is 18.2. The largest absolute Gasteiger partial charge is 0.503 e. The summed E-state index contributed by atoms with van der Waals surface area (Å²) in [6.45, 7) is 5.38. The van der Waals surface area contributed by atoms with E-state index in [0.717, 1.165) is 22.2 Å². The molecule has 0 aliphatic carbocycles. The molecule has 0 spiro atoms. The normalized spacial score (nSPS) is 12.9. The van der Waals surface area contributed by atoms with E-state index in [1.807, 2.05) is 69.3 Å². The van der Waals surface area contributed by atoms with Crippen molar-refractivity contribution in [3.8, 4) is 17.6 Å². The van der Waals surface area contributed by atoms with Gasteiger partial charge in [0.1, 0.15) is 24.0 Å². The van der Waals surface area contributed by atoms with E-state index in [1.54, 1.807) is 30.3 Å². The van der Waals surface area contributed by atoms with Gasteiger partial charge in [-0.3, -0.25) is 5.32 Å². The maximum Gasteiger partial charge on any atom is 0.433 e. The van der Waals surface area contributed by atoms with Gasteiger partial charge in [-0.15, -0.1) is 0 Å². The minimum Gasteiger partial charge on any atom is -0.503 e. The molecule has 18 heteroatoms. The predicted octanol–water partition coefficient (Wildman–Crippen LogP) is 9.36. The topological polar surface area (TPSA) is 167 Å². The highest BCUT2D eigenvalue weighted by molar-refractivity contribution is 7.99. The smallest absolute Gasteiger partial charge is 0.433 e. The summed E-state index contributed by atoms with van der Waals surface area (Å²) in [5, 5.41) is 3.05. The number of nitrogens with one attached hydrogen (secondary N) is 1. The fourth-order valence-corrected chi connectivity index (χ4v) is 6.17. The van der Waals surface area contributed by atoms with Crippen molar-refractivity contribution in [1.82, 2.24) is 15.0 Å². The molecule has 0 saturated heterocycles. The molecular weight excluding hydrogens is 822 g/mol. The number of aromatic nitrogens is 3. The van der Waals surface area contributed by atoms with Gasteiger partial charge in [0.15, 0.2) is 5.16 Å². The van der Waals surface area contributed by atoms with E-state index in [4.69, 9.17) is 33.2 Å². The predicted molar refractivity (Wildman–Crippen MR) is 218 cm³/mol. The van der Waals surface area contributed by atoms with Gasteiger partial charge in [0, 0.05) is 22.2 Å². The van der Waals surface area contributed by atoms with Gasteiger partial charge in [0.2, 0.25) is 17.6 Å². The minimum absolute atomic E-state index is 0.0938. The van der Waals surface area contributed by atoms with Gasteiger partial charge in [0.25, 0.3) is 0 Å². The van der Waals surface area contributed by atoms with Crippen LogP contribution in [0.2, 0.25) is 0 Å². The van der Waals surface area contributed by atoms with Crippen LogP contribution in [0, 0.1) is 0 Å². The fourth-order valence-electron chi connectivity index (χ4n) is 5.26. The first kappa shape index (κ1) is 46.9. The van der Waals surface area contributed by atoms with Crippen molar-refractivity contribution in [3.05, 3.63) is 131 Å². The number of carbonyl (C=O) groups is 3. The molecule has 3 aromatic carbocycles. The number of hydrogen-bond donors (Lipinski definition) is 1. The lowest BCUT2D eigenvalue weighted by molar-refractivity contribution is -0.141. The molecule has 1 atom stereocenters. The third-order valence-corrected chi connectivity index (χ3v) is 8.89. The second kappa shape index (κ2) is 22.5. The summed E-state index contributed by atoms with van der Waals surface area (Å²) in [6, 6.07) is 26.6. The average Bonchev–Trinajstić information content (AvgIpc) is 3.55. The standard InChI is InChI=1S/C18H16F3NO4.C15H14N2O4S.C10H13NO2/c1-24-11-14(17(23)25-2)13-7-4-3-6-12(13)10-26-16-9-5-8-15(22-16)18(19,20)21;1-8-9-5-4-6-10(13(9)14(18)21-8)22-15-16-11(19-2)7-12(17-15)20-3;1-8(2)13-10(12)11-9-6-4-3-5-7-9/h3-9,11H,10H2,1-2H3;4-8H,1-3H3;3-8H,1-2H3,(H,11,12)/b14-11+;;. The molecule has 0 saturated carbocycles. The molecular formula is C43H43F3N4O10S.